The van der Waals surface area contributed by atoms with Crippen LogP contribution in [0.15, 0.2) is 72.1 Å². The lowest BCUT2D eigenvalue weighted by atomic mass is 9.93. The topological polar surface area (TPSA) is 145 Å². The monoisotopic (exact) mass is 720 g/mol. The van der Waals surface area contributed by atoms with E-state index >= 15 is 0 Å². The first-order valence-corrected chi connectivity index (χ1v) is 17.9. The summed E-state index contributed by atoms with van der Waals surface area (Å²) in [4.78, 5) is 58.4. The first kappa shape index (κ1) is 36.1. The summed E-state index contributed by atoms with van der Waals surface area (Å²) in [6.07, 6.45) is 0.897. The number of fused-ring (bicyclic) bond motifs is 4. The van der Waals surface area contributed by atoms with Crippen molar-refractivity contribution in [3.63, 3.8) is 0 Å². The van der Waals surface area contributed by atoms with Gasteiger partial charge in [-0.1, -0.05) is 37.3 Å². The van der Waals surface area contributed by atoms with Gasteiger partial charge in [0.15, 0.2) is 5.69 Å². The second-order valence-electron chi connectivity index (χ2n) is 13.2. The van der Waals surface area contributed by atoms with Gasteiger partial charge in [0, 0.05) is 57.7 Å². The van der Waals surface area contributed by atoms with E-state index in [1.165, 1.54) is 13.2 Å². The zero-order valence-corrected chi connectivity index (χ0v) is 30.5. The molecule has 0 bridgehead atoms. The fourth-order valence-corrected chi connectivity index (χ4v) is 6.98. The molecule has 0 saturated heterocycles. The Balaban J connectivity index is 1.43. The summed E-state index contributed by atoms with van der Waals surface area (Å²) in [7, 11) is 1.24. The highest BCUT2D eigenvalue weighted by molar-refractivity contribution is 7.13. The molecular formula is C40H40N4O7S. The minimum absolute atomic E-state index is 0.0468. The number of thiophene rings is 1. The van der Waals surface area contributed by atoms with Crippen LogP contribution in [0.3, 0.4) is 0 Å². The quantitative estimate of drug-likeness (QED) is 0.131. The van der Waals surface area contributed by atoms with Gasteiger partial charge in [0.05, 0.1) is 13.7 Å². The van der Waals surface area contributed by atoms with Gasteiger partial charge in [-0.25, -0.2) is 14.6 Å². The number of carbonyl (C=O) groups excluding carboxylic acids is 4. The van der Waals surface area contributed by atoms with Gasteiger partial charge < -0.3 is 30.2 Å². The third-order valence-corrected chi connectivity index (χ3v) is 9.39. The number of esters is 1. The van der Waals surface area contributed by atoms with Crippen LogP contribution in [0.5, 0.6) is 5.75 Å². The summed E-state index contributed by atoms with van der Waals surface area (Å²) in [6, 6.07) is 19.9. The fraction of sp³-hybridized carbons (Fsp3) is 0.275. The van der Waals surface area contributed by atoms with E-state index in [1.54, 1.807) is 56.4 Å². The molecule has 3 heterocycles. The zero-order valence-electron chi connectivity index (χ0n) is 29.7. The average Bonchev–Trinajstić information content (AvgIpc) is 3.53. The second kappa shape index (κ2) is 15.2. The normalized spacial score (nSPS) is 12.1. The molecule has 6 rings (SSSR count). The summed E-state index contributed by atoms with van der Waals surface area (Å²) in [5.41, 5.74) is 3.51. The minimum Gasteiger partial charge on any atom is -0.493 e. The van der Waals surface area contributed by atoms with E-state index in [0.717, 1.165) is 38.8 Å². The van der Waals surface area contributed by atoms with Crippen LogP contribution in [-0.4, -0.2) is 54.7 Å². The Labute approximate surface area is 305 Å². The summed E-state index contributed by atoms with van der Waals surface area (Å²) in [6.45, 7) is 8.44. The van der Waals surface area contributed by atoms with E-state index in [0.29, 0.717) is 42.1 Å². The maximum absolute atomic E-state index is 14.5. The standard InChI is InChI=1S/C40H40N4O7S/c1-6-17-41-37(46)32-14-12-27(34(43-32)38(47)49-5)28-21-33-30(35-23(15-18-50-33)16-19-52-35)20-29(28)36(45)44-31-13-11-24(25-9-7-8-10-26(25)31)22-42-39(48)51-40(2,3)4/h7-14,16,19-21H,6,15,17-18,22H2,1-5H3,(H,41,46)(H,42,48)(H,44,45). The number of anilines is 1. The van der Waals surface area contributed by atoms with E-state index in [2.05, 4.69) is 27.0 Å². The van der Waals surface area contributed by atoms with Gasteiger partial charge in [-0.2, -0.15) is 0 Å². The molecule has 52 heavy (non-hydrogen) atoms. The molecule has 3 N–H and O–H groups in total. The van der Waals surface area contributed by atoms with Crippen LogP contribution >= 0.6 is 11.3 Å². The lowest BCUT2D eigenvalue weighted by molar-refractivity contribution is 0.0522. The van der Waals surface area contributed by atoms with Crippen LogP contribution < -0.4 is 20.7 Å². The minimum atomic E-state index is -0.760. The number of methoxy groups -OCH3 is 1. The molecule has 11 nitrogen and oxygen atoms in total. The summed E-state index contributed by atoms with van der Waals surface area (Å²) >= 11 is 1.56. The van der Waals surface area contributed by atoms with Crippen LogP contribution in [0.1, 0.15) is 76.6 Å². The highest BCUT2D eigenvalue weighted by atomic mass is 32.1. The first-order chi connectivity index (χ1) is 25.0. The number of aromatic nitrogens is 1. The number of hydrogen-bond acceptors (Lipinski definition) is 9. The molecule has 0 saturated carbocycles. The number of rotatable bonds is 9. The van der Waals surface area contributed by atoms with Crippen molar-refractivity contribution in [1.82, 2.24) is 15.6 Å². The largest absolute Gasteiger partial charge is 0.493 e. The van der Waals surface area contributed by atoms with Crippen LogP contribution in [0.4, 0.5) is 10.5 Å². The number of ether oxygens (including phenoxy) is 3. The van der Waals surface area contributed by atoms with Crippen molar-refractivity contribution in [2.45, 2.75) is 52.7 Å². The highest BCUT2D eigenvalue weighted by Crippen LogP contribution is 2.43. The molecule has 0 spiro atoms. The Hall–Kier alpha value is -5.75. The molecule has 0 radical (unpaired) electrons. The van der Waals surface area contributed by atoms with Crippen LogP contribution in [0.2, 0.25) is 0 Å². The SMILES string of the molecule is CCCNC(=O)c1ccc(-c2cc3c(cc2C(=O)Nc2ccc(CNC(=O)OC(C)(C)C)c4ccccc24)-c2sccc2CCO3)c(C(=O)OC)n1. The van der Waals surface area contributed by atoms with Crippen molar-refractivity contribution < 1.29 is 33.4 Å². The fourth-order valence-electron chi connectivity index (χ4n) is 6.01. The zero-order chi connectivity index (χ0) is 37.0. The van der Waals surface area contributed by atoms with Crippen molar-refractivity contribution in [2.75, 3.05) is 25.6 Å². The average molecular weight is 721 g/mol. The van der Waals surface area contributed by atoms with Crippen molar-refractivity contribution >= 4 is 51.7 Å². The van der Waals surface area contributed by atoms with E-state index in [9.17, 15) is 19.2 Å². The predicted octanol–water partition coefficient (Wildman–Crippen LogP) is 7.77. The molecule has 2 aromatic heterocycles. The lowest BCUT2D eigenvalue weighted by Crippen LogP contribution is -2.32. The number of nitrogens with one attached hydrogen (secondary N) is 3. The Morgan fingerprint density at radius 2 is 1.69 bits per heavy atom. The number of nitrogens with zero attached hydrogens (tertiary/aromatic N) is 1. The van der Waals surface area contributed by atoms with Crippen LogP contribution in [0, 0.1) is 0 Å². The first-order valence-electron chi connectivity index (χ1n) is 17.0. The molecule has 0 atom stereocenters. The summed E-state index contributed by atoms with van der Waals surface area (Å²) in [5, 5.41) is 12.3. The molecule has 0 aliphatic carbocycles. The molecule has 3 amide bonds. The van der Waals surface area contributed by atoms with Gasteiger partial charge in [-0.15, -0.1) is 11.3 Å². The van der Waals surface area contributed by atoms with Crippen LogP contribution in [-0.2, 0) is 22.4 Å². The van der Waals surface area contributed by atoms with Crippen molar-refractivity contribution in [2.24, 2.45) is 0 Å². The van der Waals surface area contributed by atoms with Gasteiger partial charge >= 0.3 is 12.1 Å². The Morgan fingerprint density at radius 1 is 0.904 bits per heavy atom. The number of pyridine rings is 1. The van der Waals surface area contributed by atoms with Gasteiger partial charge in [-0.05, 0) is 85.5 Å². The number of benzene rings is 3. The van der Waals surface area contributed by atoms with E-state index < -0.39 is 29.5 Å². The number of alkyl carbamates (subject to hydrolysis) is 1. The molecule has 1 aliphatic heterocycles. The number of amides is 3. The Bertz CT molecular complexity index is 2190. The molecule has 268 valence electrons. The van der Waals surface area contributed by atoms with Gasteiger partial charge in [0.1, 0.15) is 17.0 Å². The molecular weight excluding hydrogens is 681 g/mol. The molecule has 1 aliphatic rings. The molecule has 0 fully saturated rings. The summed E-state index contributed by atoms with van der Waals surface area (Å²) in [5.74, 6) is -1.07. The predicted molar refractivity (Wildman–Crippen MR) is 201 cm³/mol. The highest BCUT2D eigenvalue weighted by Gasteiger charge is 2.27. The third kappa shape index (κ3) is 7.76. The van der Waals surface area contributed by atoms with Crippen molar-refractivity contribution in [3.8, 4) is 27.3 Å². The van der Waals surface area contributed by atoms with E-state index in [1.807, 2.05) is 42.6 Å². The van der Waals surface area contributed by atoms with Crippen molar-refractivity contribution in [1.29, 1.82) is 0 Å². The smallest absolute Gasteiger partial charge is 0.407 e. The van der Waals surface area contributed by atoms with Crippen LogP contribution in [0.25, 0.3) is 32.3 Å². The number of carbonyl (C=O) groups is 4. The maximum atomic E-state index is 14.5. The van der Waals surface area contributed by atoms with Gasteiger partial charge in [0.2, 0.25) is 0 Å². The van der Waals surface area contributed by atoms with Gasteiger partial charge in [0.25, 0.3) is 11.8 Å². The second-order valence-corrected chi connectivity index (χ2v) is 14.2. The van der Waals surface area contributed by atoms with E-state index in [-0.39, 0.29) is 23.5 Å². The Kier molecular flexibility index (Phi) is 10.6. The molecule has 5 aromatic rings. The Morgan fingerprint density at radius 3 is 2.44 bits per heavy atom. The lowest BCUT2D eigenvalue weighted by Gasteiger charge is -2.20. The van der Waals surface area contributed by atoms with Crippen molar-refractivity contribution in [3.05, 3.63) is 100 Å². The van der Waals surface area contributed by atoms with Gasteiger partial charge in [-0.3, -0.25) is 9.59 Å². The summed E-state index contributed by atoms with van der Waals surface area (Å²) < 4.78 is 16.7. The third-order valence-electron chi connectivity index (χ3n) is 8.40. The molecule has 0 unspecified atom stereocenters. The maximum Gasteiger partial charge on any atom is 0.407 e. The van der Waals surface area contributed by atoms with E-state index in [4.69, 9.17) is 14.2 Å². The number of hydrogen-bond donors (Lipinski definition) is 3. The molecule has 3 aromatic carbocycles. The molecule has 12 heteroatoms.